The predicted molar refractivity (Wildman–Crippen MR) is 85.0 cm³/mol. The first-order valence-corrected chi connectivity index (χ1v) is 8.22. The molecule has 2 amide bonds. The fraction of sp³-hybridized carbons (Fsp3) is 0.750. The molecule has 0 aromatic rings. The van der Waals surface area contributed by atoms with Gasteiger partial charge in [-0.25, -0.2) is 14.0 Å². The maximum absolute atomic E-state index is 14.1. The zero-order chi connectivity index (χ0) is 20.0. The Labute approximate surface area is 149 Å². The van der Waals surface area contributed by atoms with E-state index in [0.717, 1.165) is 0 Å². The molecule has 10 heteroatoms. The van der Waals surface area contributed by atoms with Gasteiger partial charge in [0.25, 0.3) is 0 Å². The van der Waals surface area contributed by atoms with Gasteiger partial charge in [0.15, 0.2) is 0 Å². The third kappa shape index (κ3) is 3.58. The number of aliphatic carboxylic acids is 2. The van der Waals surface area contributed by atoms with Gasteiger partial charge in [0.1, 0.15) is 23.4 Å². The van der Waals surface area contributed by atoms with Crippen LogP contribution in [0.1, 0.15) is 34.1 Å². The average molecular weight is 374 g/mol. The van der Waals surface area contributed by atoms with Crippen molar-refractivity contribution in [3.8, 4) is 0 Å². The topological polar surface area (TPSA) is 142 Å². The molecular formula is C16H23FN2O7. The highest BCUT2D eigenvalue weighted by Gasteiger charge is 2.76. The van der Waals surface area contributed by atoms with Gasteiger partial charge in [0.05, 0.1) is 5.92 Å². The van der Waals surface area contributed by atoms with E-state index in [1.807, 2.05) is 0 Å². The molecule has 4 N–H and O–H groups in total. The molecule has 0 bridgehead atoms. The lowest BCUT2D eigenvalue weighted by molar-refractivity contribution is -0.150. The van der Waals surface area contributed by atoms with Crippen molar-refractivity contribution in [3.63, 3.8) is 0 Å². The lowest BCUT2D eigenvalue weighted by Gasteiger charge is -2.30. The van der Waals surface area contributed by atoms with Crippen molar-refractivity contribution in [1.82, 2.24) is 10.6 Å². The summed E-state index contributed by atoms with van der Waals surface area (Å²) >= 11 is 0. The van der Waals surface area contributed by atoms with Crippen LogP contribution in [-0.2, 0) is 19.1 Å². The molecule has 146 valence electrons. The van der Waals surface area contributed by atoms with Gasteiger partial charge in [-0.2, -0.15) is 0 Å². The number of hydrogen-bond donors (Lipinski definition) is 4. The summed E-state index contributed by atoms with van der Waals surface area (Å²) in [5.41, 5.74) is -2.79. The maximum atomic E-state index is 14.1. The summed E-state index contributed by atoms with van der Waals surface area (Å²) in [5.74, 6) is -6.74. The number of ether oxygens (including phenoxy) is 1. The molecule has 26 heavy (non-hydrogen) atoms. The number of carboxylic acids is 2. The Bertz CT molecular complexity index is 647. The van der Waals surface area contributed by atoms with Gasteiger partial charge >= 0.3 is 18.0 Å². The van der Waals surface area contributed by atoms with Crippen LogP contribution in [0.3, 0.4) is 0 Å². The fourth-order valence-corrected chi connectivity index (χ4v) is 3.61. The Balaban J connectivity index is 2.09. The maximum Gasteiger partial charge on any atom is 0.408 e. The number of amides is 2. The molecule has 0 spiro atoms. The summed E-state index contributed by atoms with van der Waals surface area (Å²) in [6, 6.07) is -1.15. The first kappa shape index (κ1) is 19.9. The standard InChI is InChI=1S/C16H23FN2O7/c1-6(18-14(25)26-15(2,3)4)11(20)19-16(13(23)24)5-7(17)8-9(10(8)16)12(21)22/h6-10H,5H2,1-4H3,(H,18,25)(H,19,20)(H,21,22)(H,23,24)/t6-,7-,8+,9+,10+,16+/m1/s1. The van der Waals surface area contributed by atoms with Crippen LogP contribution in [0.15, 0.2) is 0 Å². The van der Waals surface area contributed by atoms with Crippen LogP contribution in [0.25, 0.3) is 0 Å². The van der Waals surface area contributed by atoms with Crippen molar-refractivity contribution in [2.75, 3.05) is 0 Å². The molecule has 0 unspecified atom stereocenters. The summed E-state index contributed by atoms with van der Waals surface area (Å²) < 4.78 is 19.1. The SMILES string of the molecule is C[C@@H](NC(=O)OC(C)(C)C)C(=O)N[C@@]1(C(=O)O)C[C@@H](F)[C@H]2[C@H](C(=O)O)[C@H]21. The van der Waals surface area contributed by atoms with E-state index in [-0.39, 0.29) is 0 Å². The van der Waals surface area contributed by atoms with Gasteiger partial charge in [-0.1, -0.05) is 0 Å². The molecule has 2 rings (SSSR count). The number of rotatable bonds is 5. The summed E-state index contributed by atoms with van der Waals surface area (Å²) in [6.45, 7) is 6.22. The summed E-state index contributed by atoms with van der Waals surface area (Å²) in [4.78, 5) is 47.0. The van der Waals surface area contributed by atoms with E-state index in [1.54, 1.807) is 20.8 Å². The number of carbonyl (C=O) groups excluding carboxylic acids is 2. The Hall–Kier alpha value is -2.39. The van der Waals surface area contributed by atoms with Crippen molar-refractivity contribution < 1.29 is 38.5 Å². The van der Waals surface area contributed by atoms with E-state index < -0.39 is 71.5 Å². The Morgan fingerprint density at radius 1 is 1.23 bits per heavy atom. The van der Waals surface area contributed by atoms with Crippen LogP contribution < -0.4 is 10.6 Å². The molecular weight excluding hydrogens is 351 g/mol. The Morgan fingerprint density at radius 2 is 1.81 bits per heavy atom. The minimum Gasteiger partial charge on any atom is -0.481 e. The molecule has 2 aliphatic carbocycles. The molecule has 9 nitrogen and oxygen atoms in total. The number of carboxylic acid groups (broad SMARTS) is 2. The van der Waals surface area contributed by atoms with E-state index in [1.165, 1.54) is 6.92 Å². The summed E-state index contributed by atoms with van der Waals surface area (Å²) in [5, 5.41) is 23.2. The average Bonchev–Trinajstić information content (AvgIpc) is 3.13. The molecule has 0 heterocycles. The molecule has 2 aliphatic rings. The number of alkyl halides is 1. The van der Waals surface area contributed by atoms with Gasteiger partial charge in [0, 0.05) is 18.3 Å². The molecule has 0 aliphatic heterocycles. The van der Waals surface area contributed by atoms with Crippen LogP contribution in [0.2, 0.25) is 0 Å². The van der Waals surface area contributed by atoms with Crippen molar-refractivity contribution in [3.05, 3.63) is 0 Å². The highest BCUT2D eigenvalue weighted by atomic mass is 19.1. The Morgan fingerprint density at radius 3 is 2.23 bits per heavy atom. The first-order valence-electron chi connectivity index (χ1n) is 8.22. The highest BCUT2D eigenvalue weighted by molar-refractivity contribution is 5.93. The van der Waals surface area contributed by atoms with Crippen LogP contribution in [-0.4, -0.2) is 57.5 Å². The van der Waals surface area contributed by atoms with Crippen molar-refractivity contribution in [2.45, 2.75) is 57.5 Å². The second-order valence-electron chi connectivity index (χ2n) is 7.82. The monoisotopic (exact) mass is 374 g/mol. The minimum absolute atomic E-state index is 0.508. The van der Waals surface area contributed by atoms with E-state index in [4.69, 9.17) is 9.84 Å². The number of nitrogens with one attached hydrogen (secondary N) is 2. The molecule has 0 aromatic carbocycles. The quantitative estimate of drug-likeness (QED) is 0.550. The van der Waals surface area contributed by atoms with Gasteiger partial charge < -0.3 is 25.6 Å². The van der Waals surface area contributed by atoms with Gasteiger partial charge in [-0.15, -0.1) is 0 Å². The normalized spacial score (nSPS) is 33.6. The number of fused-ring (bicyclic) bond motifs is 1. The first-order chi connectivity index (χ1) is 11.8. The molecule has 0 aromatic heterocycles. The minimum atomic E-state index is -2.01. The zero-order valence-electron chi connectivity index (χ0n) is 14.9. The van der Waals surface area contributed by atoms with Crippen molar-refractivity contribution in [2.24, 2.45) is 17.8 Å². The van der Waals surface area contributed by atoms with Crippen LogP contribution >= 0.6 is 0 Å². The van der Waals surface area contributed by atoms with Crippen molar-refractivity contribution >= 4 is 23.9 Å². The summed E-state index contributed by atoms with van der Waals surface area (Å²) in [6.07, 6.45) is -3.01. The smallest absolute Gasteiger partial charge is 0.408 e. The lowest BCUT2D eigenvalue weighted by Crippen LogP contribution is -2.60. The number of halogens is 1. The molecule has 0 saturated heterocycles. The van der Waals surface area contributed by atoms with Crippen LogP contribution in [0, 0.1) is 17.8 Å². The highest BCUT2D eigenvalue weighted by Crippen LogP contribution is 2.63. The second-order valence-corrected chi connectivity index (χ2v) is 7.82. The third-order valence-corrected chi connectivity index (χ3v) is 4.72. The number of alkyl carbamates (subject to hydrolysis) is 1. The zero-order valence-corrected chi connectivity index (χ0v) is 14.9. The second kappa shape index (κ2) is 6.40. The van der Waals surface area contributed by atoms with E-state index in [0.29, 0.717) is 0 Å². The van der Waals surface area contributed by atoms with Crippen LogP contribution in [0.4, 0.5) is 9.18 Å². The predicted octanol–water partition coefficient (Wildman–Crippen LogP) is 0.528. The van der Waals surface area contributed by atoms with E-state index in [9.17, 15) is 28.7 Å². The molecule has 2 saturated carbocycles. The number of carbonyl (C=O) groups is 4. The van der Waals surface area contributed by atoms with Gasteiger partial charge in [-0.3, -0.25) is 9.59 Å². The van der Waals surface area contributed by atoms with Gasteiger partial charge in [0.2, 0.25) is 5.91 Å². The van der Waals surface area contributed by atoms with Crippen LogP contribution in [0.5, 0.6) is 0 Å². The Kier molecular flexibility index (Phi) is 4.91. The van der Waals surface area contributed by atoms with Gasteiger partial charge in [-0.05, 0) is 27.7 Å². The molecule has 2 fully saturated rings. The summed E-state index contributed by atoms with van der Waals surface area (Å²) in [7, 11) is 0. The molecule has 6 atom stereocenters. The van der Waals surface area contributed by atoms with E-state index >= 15 is 0 Å². The largest absolute Gasteiger partial charge is 0.481 e. The fourth-order valence-electron chi connectivity index (χ4n) is 3.61. The third-order valence-electron chi connectivity index (χ3n) is 4.72. The molecule has 0 radical (unpaired) electrons. The lowest BCUT2D eigenvalue weighted by atomic mass is 9.89. The van der Waals surface area contributed by atoms with E-state index in [2.05, 4.69) is 10.6 Å². The van der Waals surface area contributed by atoms with Crippen molar-refractivity contribution in [1.29, 1.82) is 0 Å². The number of hydrogen-bond acceptors (Lipinski definition) is 5.